The number of aromatic hydroxyl groups is 1. The minimum absolute atomic E-state index is 0.0508. The van der Waals surface area contributed by atoms with Gasteiger partial charge >= 0.3 is 0 Å². The van der Waals surface area contributed by atoms with E-state index in [4.69, 9.17) is 21.7 Å². The summed E-state index contributed by atoms with van der Waals surface area (Å²) in [5.74, 6) is 0.561. The van der Waals surface area contributed by atoms with Crippen LogP contribution in [0.1, 0.15) is 11.1 Å². The number of hydrogen-bond donors (Lipinski definition) is 3. The molecule has 0 saturated carbocycles. The minimum atomic E-state index is -0.0508. The van der Waals surface area contributed by atoms with Gasteiger partial charge in [0, 0.05) is 12.1 Å². The SMILES string of the molecule is COc1cc(C=NNC(=S)NCc2ccccc2)cc(OC)c1O. The zero-order valence-corrected chi connectivity index (χ0v) is 14.3. The summed E-state index contributed by atoms with van der Waals surface area (Å²) in [6.45, 7) is 0.614. The van der Waals surface area contributed by atoms with Gasteiger partial charge in [0.1, 0.15) is 0 Å². The van der Waals surface area contributed by atoms with Gasteiger partial charge in [-0.1, -0.05) is 30.3 Å². The largest absolute Gasteiger partial charge is 0.502 e. The lowest BCUT2D eigenvalue weighted by atomic mass is 10.2. The van der Waals surface area contributed by atoms with Crippen molar-refractivity contribution in [1.82, 2.24) is 10.7 Å². The van der Waals surface area contributed by atoms with E-state index in [0.29, 0.717) is 28.7 Å². The molecule has 3 N–H and O–H groups in total. The summed E-state index contributed by atoms with van der Waals surface area (Å²) in [5.41, 5.74) is 4.55. The Morgan fingerprint density at radius 3 is 2.38 bits per heavy atom. The summed E-state index contributed by atoms with van der Waals surface area (Å²) in [6.07, 6.45) is 1.56. The van der Waals surface area contributed by atoms with E-state index in [9.17, 15) is 5.11 Å². The normalized spacial score (nSPS) is 10.4. The Bertz CT molecular complexity index is 695. The first-order valence-corrected chi connectivity index (χ1v) is 7.60. The lowest BCUT2D eigenvalue weighted by Crippen LogP contribution is -2.31. The van der Waals surface area contributed by atoms with Gasteiger partial charge in [-0.2, -0.15) is 5.10 Å². The molecule has 0 aliphatic heterocycles. The van der Waals surface area contributed by atoms with Gasteiger partial charge in [0.2, 0.25) is 5.75 Å². The molecular formula is C17H19N3O3S. The Morgan fingerprint density at radius 1 is 1.17 bits per heavy atom. The molecule has 0 aromatic heterocycles. The fraction of sp³-hybridized carbons (Fsp3) is 0.176. The molecule has 2 aromatic rings. The maximum Gasteiger partial charge on any atom is 0.200 e. The standard InChI is InChI=1S/C17H19N3O3S/c1-22-14-8-13(9-15(23-2)16(14)21)11-19-20-17(24)18-10-12-6-4-3-5-7-12/h3-9,11,21H,10H2,1-2H3,(H2,18,20,24). The molecule has 0 aliphatic rings. The lowest BCUT2D eigenvalue weighted by Gasteiger charge is -2.09. The van der Waals surface area contributed by atoms with E-state index in [0.717, 1.165) is 5.56 Å². The summed E-state index contributed by atoms with van der Waals surface area (Å²) in [5, 5.41) is 17.4. The van der Waals surface area contributed by atoms with Crippen LogP contribution in [0.4, 0.5) is 0 Å². The molecule has 2 aromatic carbocycles. The van der Waals surface area contributed by atoms with Gasteiger partial charge in [-0.15, -0.1) is 0 Å². The second-order valence-electron chi connectivity index (χ2n) is 4.81. The third kappa shape index (κ3) is 4.85. The molecule has 0 radical (unpaired) electrons. The maximum absolute atomic E-state index is 9.86. The number of phenols is 1. The zero-order valence-electron chi connectivity index (χ0n) is 13.4. The Hall–Kier alpha value is -2.80. The van der Waals surface area contributed by atoms with Crippen molar-refractivity contribution in [3.8, 4) is 17.2 Å². The Balaban J connectivity index is 1.92. The third-order valence-corrected chi connectivity index (χ3v) is 3.41. The molecule has 126 valence electrons. The van der Waals surface area contributed by atoms with Crippen molar-refractivity contribution in [3.05, 3.63) is 53.6 Å². The smallest absolute Gasteiger partial charge is 0.200 e. The van der Waals surface area contributed by atoms with Crippen molar-refractivity contribution in [2.45, 2.75) is 6.54 Å². The summed E-state index contributed by atoms with van der Waals surface area (Å²) < 4.78 is 10.2. The van der Waals surface area contributed by atoms with E-state index in [1.807, 2.05) is 30.3 Å². The van der Waals surface area contributed by atoms with Crippen LogP contribution < -0.4 is 20.2 Å². The van der Waals surface area contributed by atoms with Crippen LogP contribution in [0.15, 0.2) is 47.6 Å². The van der Waals surface area contributed by atoms with Crippen LogP contribution >= 0.6 is 12.2 Å². The minimum Gasteiger partial charge on any atom is -0.502 e. The molecule has 0 saturated heterocycles. The topological polar surface area (TPSA) is 75.1 Å². The highest BCUT2D eigenvalue weighted by atomic mass is 32.1. The lowest BCUT2D eigenvalue weighted by molar-refractivity contribution is 0.340. The highest BCUT2D eigenvalue weighted by Crippen LogP contribution is 2.36. The van der Waals surface area contributed by atoms with E-state index in [2.05, 4.69) is 15.8 Å². The highest BCUT2D eigenvalue weighted by Gasteiger charge is 2.10. The van der Waals surface area contributed by atoms with Gasteiger partial charge in [0.05, 0.1) is 20.4 Å². The number of phenolic OH excluding ortho intramolecular Hbond substituents is 1. The monoisotopic (exact) mass is 345 g/mol. The van der Waals surface area contributed by atoms with E-state index >= 15 is 0 Å². The third-order valence-electron chi connectivity index (χ3n) is 3.18. The van der Waals surface area contributed by atoms with Gasteiger partial charge in [-0.3, -0.25) is 5.43 Å². The number of benzene rings is 2. The van der Waals surface area contributed by atoms with Crippen molar-refractivity contribution < 1.29 is 14.6 Å². The van der Waals surface area contributed by atoms with Gasteiger partial charge < -0.3 is 19.9 Å². The average Bonchev–Trinajstić information content (AvgIpc) is 2.62. The van der Waals surface area contributed by atoms with Crippen LogP contribution in [0.3, 0.4) is 0 Å². The molecule has 6 nitrogen and oxygen atoms in total. The number of methoxy groups -OCH3 is 2. The molecule has 0 heterocycles. The number of nitrogens with one attached hydrogen (secondary N) is 2. The number of hydrazone groups is 1. The molecule has 24 heavy (non-hydrogen) atoms. The number of nitrogens with zero attached hydrogens (tertiary/aromatic N) is 1. The van der Waals surface area contributed by atoms with E-state index in [1.165, 1.54) is 14.2 Å². The Kier molecular flexibility index (Phi) is 6.39. The van der Waals surface area contributed by atoms with Gasteiger partial charge in [0.15, 0.2) is 16.6 Å². The maximum atomic E-state index is 9.86. The second kappa shape index (κ2) is 8.73. The quantitative estimate of drug-likeness (QED) is 0.424. The fourth-order valence-electron chi connectivity index (χ4n) is 1.97. The molecule has 0 aliphatic carbocycles. The number of rotatable bonds is 6. The second-order valence-corrected chi connectivity index (χ2v) is 5.22. The van der Waals surface area contributed by atoms with E-state index in [1.54, 1.807) is 18.3 Å². The molecule has 0 unspecified atom stereocenters. The molecular weight excluding hydrogens is 326 g/mol. The van der Waals surface area contributed by atoms with Crippen LogP contribution in [0.5, 0.6) is 17.2 Å². The van der Waals surface area contributed by atoms with Gasteiger partial charge in [-0.25, -0.2) is 0 Å². The van der Waals surface area contributed by atoms with Crippen LogP contribution in [-0.4, -0.2) is 30.7 Å². The first kappa shape index (κ1) is 17.6. The molecule has 0 amide bonds. The number of hydrogen-bond acceptors (Lipinski definition) is 5. The van der Waals surface area contributed by atoms with Gasteiger partial charge in [-0.05, 0) is 29.9 Å². The summed E-state index contributed by atoms with van der Waals surface area (Å²) >= 11 is 5.16. The molecule has 0 spiro atoms. The van der Waals surface area contributed by atoms with Crippen molar-refractivity contribution in [2.75, 3.05) is 14.2 Å². The molecule has 0 bridgehead atoms. The van der Waals surface area contributed by atoms with Crippen molar-refractivity contribution in [2.24, 2.45) is 5.10 Å². The predicted octanol–water partition coefficient (Wildman–Crippen LogP) is 2.41. The molecule has 7 heteroatoms. The predicted molar refractivity (Wildman–Crippen MR) is 97.8 cm³/mol. The summed E-state index contributed by atoms with van der Waals surface area (Å²) in [4.78, 5) is 0. The van der Waals surface area contributed by atoms with E-state index in [-0.39, 0.29) is 5.75 Å². The first-order valence-electron chi connectivity index (χ1n) is 7.20. The van der Waals surface area contributed by atoms with Crippen LogP contribution in [-0.2, 0) is 6.54 Å². The number of thiocarbonyl (C=S) groups is 1. The molecule has 2 rings (SSSR count). The Morgan fingerprint density at radius 2 is 1.79 bits per heavy atom. The number of ether oxygens (including phenoxy) is 2. The highest BCUT2D eigenvalue weighted by molar-refractivity contribution is 7.80. The Labute approximate surface area is 146 Å². The molecule has 0 fully saturated rings. The van der Waals surface area contributed by atoms with Crippen molar-refractivity contribution in [3.63, 3.8) is 0 Å². The fourth-order valence-corrected chi connectivity index (χ4v) is 2.10. The van der Waals surface area contributed by atoms with Crippen molar-refractivity contribution in [1.29, 1.82) is 0 Å². The first-order chi connectivity index (χ1) is 11.6. The average molecular weight is 345 g/mol. The zero-order chi connectivity index (χ0) is 17.4. The van der Waals surface area contributed by atoms with Crippen molar-refractivity contribution >= 4 is 23.5 Å². The van der Waals surface area contributed by atoms with Crippen LogP contribution in [0.25, 0.3) is 0 Å². The summed E-state index contributed by atoms with van der Waals surface area (Å²) in [7, 11) is 2.94. The molecule has 0 atom stereocenters. The van der Waals surface area contributed by atoms with E-state index < -0.39 is 0 Å². The summed E-state index contributed by atoms with van der Waals surface area (Å²) in [6, 6.07) is 13.2. The van der Waals surface area contributed by atoms with Gasteiger partial charge in [0.25, 0.3) is 0 Å². The van der Waals surface area contributed by atoms with Crippen LogP contribution in [0.2, 0.25) is 0 Å². The van der Waals surface area contributed by atoms with Crippen LogP contribution in [0, 0.1) is 0 Å².